The second-order valence-electron chi connectivity index (χ2n) is 17.1. The molecule has 0 fully saturated rings. The van der Waals surface area contributed by atoms with Crippen LogP contribution in [0.1, 0.15) is 265 Å². The summed E-state index contributed by atoms with van der Waals surface area (Å²) in [5.41, 5.74) is 0. The number of unbranched alkanes of at least 4 members (excludes halogenated alkanes) is 30. The van der Waals surface area contributed by atoms with Crippen LogP contribution >= 0.6 is 0 Å². The number of allylic oxidation sites excluding steroid dienone is 6. The summed E-state index contributed by atoms with van der Waals surface area (Å²) in [5.74, 6) is -0.410. The Kier molecular flexibility index (Phi) is 47.9. The van der Waals surface area contributed by atoms with Crippen LogP contribution in [0.15, 0.2) is 36.5 Å². The van der Waals surface area contributed by atoms with E-state index >= 15 is 0 Å². The minimum atomic E-state index is -0.543. The molecule has 0 radical (unpaired) electrons. The molecule has 5 heteroatoms. The van der Waals surface area contributed by atoms with Crippen molar-refractivity contribution >= 4 is 11.9 Å². The van der Waals surface area contributed by atoms with Crippen molar-refractivity contribution in [2.75, 3.05) is 19.8 Å². The minimum absolute atomic E-state index is 0.0783. The standard InChI is InChI=1S/C53H98O5/c1-4-7-10-13-16-19-22-25-27-29-31-34-37-40-43-46-52(54)57-50-51(49-56-48-45-42-39-36-33-30-26-23-20-17-14-11-8-5-2)58-53(55)47-44-41-38-35-32-28-24-21-18-15-12-9-6-3/h20-21,23-25,27,51H,4-19,22,26,28-50H2,1-3H3/b23-20-,24-21-,27-25-. The van der Waals surface area contributed by atoms with Crippen molar-refractivity contribution in [3.8, 4) is 0 Å². The Morgan fingerprint density at radius 3 is 1.07 bits per heavy atom. The number of hydrogen-bond donors (Lipinski definition) is 0. The average molecular weight is 815 g/mol. The molecule has 0 bridgehead atoms. The molecule has 0 saturated carbocycles. The monoisotopic (exact) mass is 815 g/mol. The van der Waals surface area contributed by atoms with Gasteiger partial charge < -0.3 is 14.2 Å². The van der Waals surface area contributed by atoms with Gasteiger partial charge in [0.15, 0.2) is 6.10 Å². The maximum atomic E-state index is 12.8. The third-order valence-corrected chi connectivity index (χ3v) is 11.1. The van der Waals surface area contributed by atoms with E-state index in [4.69, 9.17) is 14.2 Å². The normalized spacial score (nSPS) is 12.4. The van der Waals surface area contributed by atoms with Crippen molar-refractivity contribution in [3.05, 3.63) is 36.5 Å². The molecule has 0 aliphatic rings. The van der Waals surface area contributed by atoms with Gasteiger partial charge in [0.1, 0.15) is 6.61 Å². The van der Waals surface area contributed by atoms with E-state index in [1.54, 1.807) is 0 Å². The van der Waals surface area contributed by atoms with Crippen LogP contribution in [0.25, 0.3) is 0 Å². The highest BCUT2D eigenvalue weighted by atomic mass is 16.6. The first-order chi connectivity index (χ1) is 28.6. The van der Waals surface area contributed by atoms with Gasteiger partial charge in [-0.3, -0.25) is 9.59 Å². The number of carbonyl (C=O) groups is 2. The maximum absolute atomic E-state index is 12.8. The Morgan fingerprint density at radius 2 is 0.672 bits per heavy atom. The second-order valence-corrected chi connectivity index (χ2v) is 17.1. The molecule has 340 valence electrons. The van der Waals surface area contributed by atoms with E-state index in [2.05, 4.69) is 57.2 Å². The highest BCUT2D eigenvalue weighted by Crippen LogP contribution is 2.14. The van der Waals surface area contributed by atoms with Crippen LogP contribution in [0.2, 0.25) is 0 Å². The fraction of sp³-hybridized carbons (Fsp3) is 0.849. The Hall–Kier alpha value is -1.88. The number of ether oxygens (including phenoxy) is 3. The zero-order valence-electron chi connectivity index (χ0n) is 39.1. The van der Waals surface area contributed by atoms with E-state index < -0.39 is 6.10 Å². The Balaban J connectivity index is 4.27. The zero-order chi connectivity index (χ0) is 42.1. The SMILES string of the molecule is CCCCCC/C=C\CCCCCCCCOCC(COC(=O)CCCCCCC/C=C\CCCCCCCC)OC(=O)CCCCCCC/C=C\CCCCCC. The van der Waals surface area contributed by atoms with Crippen molar-refractivity contribution in [2.45, 2.75) is 271 Å². The van der Waals surface area contributed by atoms with Crippen LogP contribution < -0.4 is 0 Å². The maximum Gasteiger partial charge on any atom is 0.306 e. The smallest absolute Gasteiger partial charge is 0.306 e. The van der Waals surface area contributed by atoms with Gasteiger partial charge in [-0.25, -0.2) is 0 Å². The molecule has 0 N–H and O–H groups in total. The van der Waals surface area contributed by atoms with Crippen LogP contribution in [0.4, 0.5) is 0 Å². The van der Waals surface area contributed by atoms with Crippen LogP contribution in [0, 0.1) is 0 Å². The second kappa shape index (κ2) is 49.5. The van der Waals surface area contributed by atoms with E-state index in [0.29, 0.717) is 19.4 Å². The number of rotatable bonds is 47. The van der Waals surface area contributed by atoms with Gasteiger partial charge in [0, 0.05) is 19.4 Å². The number of esters is 2. The van der Waals surface area contributed by atoms with Crippen molar-refractivity contribution < 1.29 is 23.8 Å². The van der Waals surface area contributed by atoms with Crippen LogP contribution in [0.5, 0.6) is 0 Å². The van der Waals surface area contributed by atoms with Gasteiger partial charge in [0.05, 0.1) is 6.61 Å². The molecule has 0 aromatic rings. The van der Waals surface area contributed by atoms with Gasteiger partial charge in [-0.1, -0.05) is 192 Å². The lowest BCUT2D eigenvalue weighted by Crippen LogP contribution is -2.30. The molecule has 0 aliphatic carbocycles. The Morgan fingerprint density at radius 1 is 0.362 bits per heavy atom. The number of carbonyl (C=O) groups excluding carboxylic acids is 2. The fourth-order valence-electron chi connectivity index (χ4n) is 7.26. The summed E-state index contributed by atoms with van der Waals surface area (Å²) in [6.45, 7) is 7.79. The summed E-state index contributed by atoms with van der Waals surface area (Å²) < 4.78 is 17.4. The summed E-state index contributed by atoms with van der Waals surface area (Å²) >= 11 is 0. The summed E-state index contributed by atoms with van der Waals surface area (Å²) in [7, 11) is 0. The summed E-state index contributed by atoms with van der Waals surface area (Å²) in [4.78, 5) is 25.3. The molecule has 0 aliphatic heterocycles. The zero-order valence-corrected chi connectivity index (χ0v) is 39.1. The molecule has 0 aromatic carbocycles. The molecule has 0 heterocycles. The molecule has 0 spiro atoms. The molecular weight excluding hydrogens is 717 g/mol. The molecule has 1 atom stereocenters. The highest BCUT2D eigenvalue weighted by Gasteiger charge is 2.17. The first-order valence-corrected chi connectivity index (χ1v) is 25.5. The van der Waals surface area contributed by atoms with Crippen molar-refractivity contribution in [3.63, 3.8) is 0 Å². The van der Waals surface area contributed by atoms with E-state index in [9.17, 15) is 9.59 Å². The predicted octanol–water partition coefficient (Wildman–Crippen LogP) is 17.0. The molecule has 58 heavy (non-hydrogen) atoms. The highest BCUT2D eigenvalue weighted by molar-refractivity contribution is 5.70. The molecule has 0 saturated heterocycles. The third kappa shape index (κ3) is 46.8. The molecule has 0 aromatic heterocycles. The van der Waals surface area contributed by atoms with Gasteiger partial charge in [-0.2, -0.15) is 0 Å². The average Bonchev–Trinajstić information content (AvgIpc) is 3.22. The van der Waals surface area contributed by atoms with Gasteiger partial charge in [-0.15, -0.1) is 0 Å². The molecule has 0 rings (SSSR count). The largest absolute Gasteiger partial charge is 0.462 e. The Bertz CT molecular complexity index is 924. The lowest BCUT2D eigenvalue weighted by molar-refractivity contribution is -0.163. The topological polar surface area (TPSA) is 61.8 Å². The van der Waals surface area contributed by atoms with Crippen molar-refractivity contribution in [2.24, 2.45) is 0 Å². The molecule has 1 unspecified atom stereocenters. The van der Waals surface area contributed by atoms with Gasteiger partial charge in [0.2, 0.25) is 0 Å². The number of hydrogen-bond acceptors (Lipinski definition) is 5. The van der Waals surface area contributed by atoms with Gasteiger partial charge >= 0.3 is 11.9 Å². The summed E-state index contributed by atoms with van der Waals surface area (Å²) in [6.07, 6.45) is 58.6. The van der Waals surface area contributed by atoms with Crippen molar-refractivity contribution in [1.29, 1.82) is 0 Å². The van der Waals surface area contributed by atoms with Gasteiger partial charge in [-0.05, 0) is 96.3 Å². The summed E-state index contributed by atoms with van der Waals surface area (Å²) in [6, 6.07) is 0. The van der Waals surface area contributed by atoms with E-state index in [0.717, 1.165) is 64.2 Å². The van der Waals surface area contributed by atoms with E-state index in [-0.39, 0.29) is 25.2 Å². The first kappa shape index (κ1) is 56.1. The van der Waals surface area contributed by atoms with Gasteiger partial charge in [0.25, 0.3) is 0 Å². The van der Waals surface area contributed by atoms with Crippen molar-refractivity contribution in [1.82, 2.24) is 0 Å². The minimum Gasteiger partial charge on any atom is -0.462 e. The van der Waals surface area contributed by atoms with E-state index in [1.807, 2.05) is 0 Å². The molecular formula is C53H98O5. The third-order valence-electron chi connectivity index (χ3n) is 11.1. The first-order valence-electron chi connectivity index (χ1n) is 25.5. The fourth-order valence-corrected chi connectivity index (χ4v) is 7.26. The molecule has 5 nitrogen and oxygen atoms in total. The Labute approximate surface area is 361 Å². The van der Waals surface area contributed by atoms with Crippen LogP contribution in [-0.2, 0) is 23.8 Å². The lowest BCUT2D eigenvalue weighted by Gasteiger charge is -2.18. The molecule has 0 amide bonds. The van der Waals surface area contributed by atoms with Crippen LogP contribution in [-0.4, -0.2) is 37.9 Å². The lowest BCUT2D eigenvalue weighted by atomic mass is 10.1. The quantitative estimate of drug-likeness (QED) is 0.0348. The van der Waals surface area contributed by atoms with E-state index in [1.165, 1.54) is 167 Å². The van der Waals surface area contributed by atoms with Crippen LogP contribution in [0.3, 0.4) is 0 Å². The predicted molar refractivity (Wildman–Crippen MR) is 252 cm³/mol. The summed E-state index contributed by atoms with van der Waals surface area (Å²) in [5, 5.41) is 0.